The first-order valence-corrected chi connectivity index (χ1v) is 4.54. The molecule has 0 saturated carbocycles. The summed E-state index contributed by atoms with van der Waals surface area (Å²) in [6.07, 6.45) is 4.38. The van der Waals surface area contributed by atoms with E-state index in [1.54, 1.807) is 23.6 Å². The van der Waals surface area contributed by atoms with Crippen molar-refractivity contribution in [1.29, 1.82) is 0 Å². The standard InChI is InChI=1S/C9H8O3S/c10-5-2-1-3-8-7(9(11)12)4-6-13-8/h1,3-6H,2H2,(H,11,12). The van der Waals surface area contributed by atoms with Crippen molar-refractivity contribution in [1.82, 2.24) is 0 Å². The van der Waals surface area contributed by atoms with Gasteiger partial charge >= 0.3 is 5.97 Å². The topological polar surface area (TPSA) is 54.4 Å². The maximum Gasteiger partial charge on any atom is 0.337 e. The van der Waals surface area contributed by atoms with Crippen LogP contribution < -0.4 is 0 Å². The summed E-state index contributed by atoms with van der Waals surface area (Å²) >= 11 is 1.34. The fourth-order valence-electron chi connectivity index (χ4n) is 0.857. The van der Waals surface area contributed by atoms with E-state index in [2.05, 4.69) is 0 Å². The fourth-order valence-corrected chi connectivity index (χ4v) is 1.67. The van der Waals surface area contributed by atoms with Crippen molar-refractivity contribution in [2.24, 2.45) is 0 Å². The fraction of sp³-hybridized carbons (Fsp3) is 0.111. The molecule has 0 aliphatic rings. The molecule has 1 aromatic rings. The van der Waals surface area contributed by atoms with E-state index in [0.29, 0.717) is 11.3 Å². The highest BCUT2D eigenvalue weighted by molar-refractivity contribution is 7.11. The molecule has 0 saturated heterocycles. The predicted octanol–water partition coefficient (Wildman–Crippen LogP) is 2.05. The average Bonchev–Trinajstić information content (AvgIpc) is 2.53. The van der Waals surface area contributed by atoms with Gasteiger partial charge in [0.05, 0.1) is 5.56 Å². The Morgan fingerprint density at radius 2 is 2.38 bits per heavy atom. The molecule has 0 spiro atoms. The Kier molecular flexibility index (Phi) is 3.40. The van der Waals surface area contributed by atoms with Gasteiger partial charge in [0.1, 0.15) is 6.29 Å². The number of carboxylic acids is 1. The summed E-state index contributed by atoms with van der Waals surface area (Å²) in [6, 6.07) is 1.55. The first-order valence-electron chi connectivity index (χ1n) is 3.66. The van der Waals surface area contributed by atoms with Gasteiger partial charge in [-0.3, -0.25) is 0 Å². The minimum Gasteiger partial charge on any atom is -0.478 e. The lowest BCUT2D eigenvalue weighted by molar-refractivity contribution is -0.107. The molecule has 0 fully saturated rings. The Hall–Kier alpha value is -1.42. The van der Waals surface area contributed by atoms with Gasteiger partial charge in [-0.15, -0.1) is 11.3 Å². The van der Waals surface area contributed by atoms with Crippen molar-refractivity contribution in [2.75, 3.05) is 0 Å². The van der Waals surface area contributed by atoms with Gasteiger partial charge in [-0.05, 0) is 17.5 Å². The maximum absolute atomic E-state index is 10.6. The molecule has 3 nitrogen and oxygen atoms in total. The third-order valence-electron chi connectivity index (χ3n) is 1.43. The van der Waals surface area contributed by atoms with Crippen LogP contribution in [0.15, 0.2) is 17.5 Å². The van der Waals surface area contributed by atoms with Crippen LogP contribution in [-0.4, -0.2) is 17.4 Å². The summed E-state index contributed by atoms with van der Waals surface area (Å²) in [5, 5.41) is 10.4. The molecule has 1 aromatic heterocycles. The second-order valence-electron chi connectivity index (χ2n) is 2.31. The molecular formula is C9H8O3S. The SMILES string of the molecule is O=CCC=Cc1sccc1C(=O)O. The second-order valence-corrected chi connectivity index (χ2v) is 3.26. The molecule has 13 heavy (non-hydrogen) atoms. The summed E-state index contributed by atoms with van der Waals surface area (Å²) in [7, 11) is 0. The molecule has 0 unspecified atom stereocenters. The number of carbonyl (C=O) groups excluding carboxylic acids is 1. The van der Waals surface area contributed by atoms with E-state index in [0.717, 1.165) is 6.29 Å². The first kappa shape index (κ1) is 9.67. The summed E-state index contributed by atoms with van der Waals surface area (Å²) in [5.41, 5.74) is 0.284. The van der Waals surface area contributed by atoms with E-state index < -0.39 is 5.97 Å². The quantitative estimate of drug-likeness (QED) is 0.750. The van der Waals surface area contributed by atoms with Gasteiger partial charge in [-0.2, -0.15) is 0 Å². The van der Waals surface area contributed by atoms with E-state index >= 15 is 0 Å². The number of rotatable bonds is 4. The van der Waals surface area contributed by atoms with Gasteiger partial charge in [0.15, 0.2) is 0 Å². The van der Waals surface area contributed by atoms with Gasteiger partial charge < -0.3 is 9.90 Å². The van der Waals surface area contributed by atoms with Crippen molar-refractivity contribution in [3.8, 4) is 0 Å². The van der Waals surface area contributed by atoms with Crippen LogP contribution in [0, 0.1) is 0 Å². The van der Waals surface area contributed by atoms with Crippen LogP contribution >= 0.6 is 11.3 Å². The Morgan fingerprint density at radius 3 is 3.00 bits per heavy atom. The van der Waals surface area contributed by atoms with Gasteiger partial charge in [-0.25, -0.2) is 4.79 Å². The van der Waals surface area contributed by atoms with Crippen LogP contribution in [-0.2, 0) is 4.79 Å². The maximum atomic E-state index is 10.6. The zero-order chi connectivity index (χ0) is 9.68. The molecule has 68 valence electrons. The largest absolute Gasteiger partial charge is 0.478 e. The van der Waals surface area contributed by atoms with Crippen LogP contribution in [0.5, 0.6) is 0 Å². The normalized spacial score (nSPS) is 10.5. The average molecular weight is 196 g/mol. The van der Waals surface area contributed by atoms with E-state index in [4.69, 9.17) is 5.11 Å². The summed E-state index contributed by atoms with van der Waals surface area (Å²) in [6.45, 7) is 0. The lowest BCUT2D eigenvalue weighted by Crippen LogP contribution is -1.94. The molecular weight excluding hydrogens is 188 g/mol. The number of carbonyl (C=O) groups is 2. The molecule has 0 radical (unpaired) electrons. The number of allylic oxidation sites excluding steroid dienone is 1. The van der Waals surface area contributed by atoms with Crippen molar-refractivity contribution < 1.29 is 14.7 Å². The number of hydrogen-bond acceptors (Lipinski definition) is 3. The first-order chi connectivity index (χ1) is 6.25. The zero-order valence-electron chi connectivity index (χ0n) is 6.77. The Labute approximate surface area is 79.3 Å². The Bertz CT molecular complexity index is 338. The number of carboxylic acid groups (broad SMARTS) is 1. The predicted molar refractivity (Wildman–Crippen MR) is 51.0 cm³/mol. The van der Waals surface area contributed by atoms with Gasteiger partial charge in [0, 0.05) is 11.3 Å². The van der Waals surface area contributed by atoms with Gasteiger partial charge in [-0.1, -0.05) is 6.08 Å². The minimum absolute atomic E-state index is 0.284. The number of aromatic carboxylic acids is 1. The van der Waals surface area contributed by atoms with Crippen molar-refractivity contribution in [3.63, 3.8) is 0 Å². The number of aldehydes is 1. The van der Waals surface area contributed by atoms with E-state index in [1.165, 1.54) is 11.3 Å². The molecule has 0 bridgehead atoms. The van der Waals surface area contributed by atoms with Crippen LogP contribution in [0.25, 0.3) is 6.08 Å². The summed E-state index contributed by atoms with van der Waals surface area (Å²) < 4.78 is 0. The Balaban J connectivity index is 2.82. The molecule has 0 aliphatic carbocycles. The number of hydrogen-bond donors (Lipinski definition) is 1. The highest BCUT2D eigenvalue weighted by atomic mass is 32.1. The van der Waals surface area contributed by atoms with Crippen molar-refractivity contribution in [2.45, 2.75) is 6.42 Å². The van der Waals surface area contributed by atoms with Crippen LogP contribution in [0.3, 0.4) is 0 Å². The second kappa shape index (κ2) is 4.57. The molecule has 1 rings (SSSR count). The Morgan fingerprint density at radius 1 is 1.62 bits per heavy atom. The minimum atomic E-state index is -0.938. The molecule has 1 N–H and O–H groups in total. The smallest absolute Gasteiger partial charge is 0.337 e. The van der Waals surface area contributed by atoms with E-state index in [-0.39, 0.29) is 5.56 Å². The van der Waals surface area contributed by atoms with Crippen molar-refractivity contribution in [3.05, 3.63) is 28.0 Å². The molecule has 0 amide bonds. The van der Waals surface area contributed by atoms with Crippen LogP contribution in [0.4, 0.5) is 0 Å². The van der Waals surface area contributed by atoms with E-state index in [1.807, 2.05) is 0 Å². The van der Waals surface area contributed by atoms with E-state index in [9.17, 15) is 9.59 Å². The monoisotopic (exact) mass is 196 g/mol. The van der Waals surface area contributed by atoms with Gasteiger partial charge in [0.2, 0.25) is 0 Å². The highest BCUT2D eigenvalue weighted by Crippen LogP contribution is 2.18. The number of thiophene rings is 1. The van der Waals surface area contributed by atoms with Gasteiger partial charge in [0.25, 0.3) is 0 Å². The summed E-state index contributed by atoms with van der Waals surface area (Å²) in [5.74, 6) is -0.938. The lowest BCUT2D eigenvalue weighted by Gasteiger charge is -1.90. The molecule has 0 atom stereocenters. The third kappa shape index (κ3) is 2.52. The lowest BCUT2D eigenvalue weighted by atomic mass is 10.2. The molecule has 4 heteroatoms. The highest BCUT2D eigenvalue weighted by Gasteiger charge is 2.07. The molecule has 0 aromatic carbocycles. The van der Waals surface area contributed by atoms with Crippen molar-refractivity contribution >= 4 is 29.7 Å². The molecule has 0 aliphatic heterocycles. The zero-order valence-corrected chi connectivity index (χ0v) is 7.58. The van der Waals surface area contributed by atoms with Crippen LogP contribution in [0.2, 0.25) is 0 Å². The summed E-state index contributed by atoms with van der Waals surface area (Å²) in [4.78, 5) is 21.3. The van der Waals surface area contributed by atoms with Crippen LogP contribution in [0.1, 0.15) is 21.7 Å². The molecule has 1 heterocycles. The third-order valence-corrected chi connectivity index (χ3v) is 2.31.